The van der Waals surface area contributed by atoms with Crippen LogP contribution < -0.4 is 0 Å². The quantitative estimate of drug-likeness (QED) is 0.439. The summed E-state index contributed by atoms with van der Waals surface area (Å²) in [5.41, 5.74) is 0. The van der Waals surface area contributed by atoms with Crippen molar-refractivity contribution in [2.75, 3.05) is 13.1 Å². The third kappa shape index (κ3) is 1.32. The van der Waals surface area contributed by atoms with Gasteiger partial charge >= 0.3 is 0 Å². The van der Waals surface area contributed by atoms with Gasteiger partial charge in [0.2, 0.25) is 0 Å². The smallest absolute Gasteiger partial charge is 0.139 e. The molecule has 2 heterocycles. The number of nitrogens with zero attached hydrogens (tertiary/aromatic N) is 2. The molecule has 1 unspecified atom stereocenters. The molecule has 0 saturated carbocycles. The van der Waals surface area contributed by atoms with Crippen LogP contribution >= 0.6 is 0 Å². The van der Waals surface area contributed by atoms with Gasteiger partial charge in [-0.3, -0.25) is 4.99 Å². The first-order valence-corrected chi connectivity index (χ1v) is 4.81. The van der Waals surface area contributed by atoms with E-state index in [2.05, 4.69) is 11.9 Å². The number of aliphatic imine (C=N–C) groups is 1. The summed E-state index contributed by atoms with van der Waals surface area (Å²) in [7, 11) is 0. The number of amidine groups is 1. The molecule has 14 heavy (non-hydrogen) atoms. The number of hydrogen-bond donors (Lipinski definition) is 3. The number of piperidine rings is 1. The molecule has 4 atom stereocenters. The fourth-order valence-corrected chi connectivity index (χ4v) is 1.99. The first-order chi connectivity index (χ1) is 6.63. The molecule has 0 aromatic carbocycles. The molecule has 0 aromatic heterocycles. The fourth-order valence-electron chi connectivity index (χ4n) is 1.99. The first-order valence-electron chi connectivity index (χ1n) is 4.81. The van der Waals surface area contributed by atoms with Gasteiger partial charge in [0.25, 0.3) is 0 Å². The second-order valence-electron chi connectivity index (χ2n) is 3.78. The monoisotopic (exact) mass is 199 g/mol. The zero-order valence-electron chi connectivity index (χ0n) is 7.87. The van der Waals surface area contributed by atoms with Crippen molar-refractivity contribution in [1.29, 1.82) is 0 Å². The van der Waals surface area contributed by atoms with Gasteiger partial charge in [0, 0.05) is 13.1 Å². The topological polar surface area (TPSA) is 76.3 Å². The summed E-state index contributed by atoms with van der Waals surface area (Å²) in [4.78, 5) is 5.92. The van der Waals surface area contributed by atoms with Gasteiger partial charge in [-0.15, -0.1) is 0 Å². The zero-order chi connectivity index (χ0) is 10.3. The number of hydrogen-bond acceptors (Lipinski definition) is 5. The van der Waals surface area contributed by atoms with Gasteiger partial charge in [0.15, 0.2) is 0 Å². The summed E-state index contributed by atoms with van der Waals surface area (Å²) in [6.45, 7) is 5.17. The zero-order valence-corrected chi connectivity index (χ0v) is 7.87. The lowest BCUT2D eigenvalue weighted by Crippen LogP contribution is -2.64. The molecule has 1 radical (unpaired) electrons. The highest BCUT2D eigenvalue weighted by molar-refractivity contribution is 5.89. The van der Waals surface area contributed by atoms with E-state index in [0.29, 0.717) is 12.4 Å². The molecule has 1 fully saturated rings. The van der Waals surface area contributed by atoms with Crippen molar-refractivity contribution in [1.82, 2.24) is 4.90 Å². The molecule has 79 valence electrons. The van der Waals surface area contributed by atoms with Crippen LogP contribution in [0.4, 0.5) is 0 Å². The van der Waals surface area contributed by atoms with Crippen LogP contribution in [0.25, 0.3) is 0 Å². The Kier molecular flexibility index (Phi) is 2.47. The summed E-state index contributed by atoms with van der Waals surface area (Å²) in [5, 5.41) is 28.7. The van der Waals surface area contributed by atoms with Crippen molar-refractivity contribution in [2.24, 2.45) is 4.99 Å². The molecule has 3 N–H and O–H groups in total. The molecular formula is C9H15N2O3. The van der Waals surface area contributed by atoms with Crippen molar-refractivity contribution in [3.05, 3.63) is 6.92 Å². The summed E-state index contributed by atoms with van der Waals surface area (Å²) in [6, 6.07) is -0.424. The van der Waals surface area contributed by atoms with E-state index in [-0.39, 0.29) is 0 Å². The molecule has 2 aliphatic heterocycles. The van der Waals surface area contributed by atoms with Crippen molar-refractivity contribution < 1.29 is 15.3 Å². The van der Waals surface area contributed by atoms with Crippen molar-refractivity contribution >= 4 is 5.84 Å². The Labute approximate surface area is 82.7 Å². The Morgan fingerprint density at radius 2 is 2.00 bits per heavy atom. The Morgan fingerprint density at radius 1 is 1.29 bits per heavy atom. The molecule has 5 heteroatoms. The molecular weight excluding hydrogens is 184 g/mol. The highest BCUT2D eigenvalue weighted by Crippen LogP contribution is 2.22. The average molecular weight is 199 g/mol. The third-order valence-corrected chi connectivity index (χ3v) is 2.86. The maximum Gasteiger partial charge on any atom is 0.139 e. The standard InChI is InChI=1S/C9H15N2O3/c1-5-6(12)7(13)8(14)9-10-3-2-4-11(5)9/h5-8,12-14H,1-4H2/t5?,6-,7+,8+/m1/s1. The summed E-state index contributed by atoms with van der Waals surface area (Å²) >= 11 is 0. The molecule has 0 amide bonds. The molecule has 2 aliphatic rings. The van der Waals surface area contributed by atoms with Crippen LogP contribution in [0.1, 0.15) is 6.42 Å². The van der Waals surface area contributed by atoms with Crippen LogP contribution in [0.15, 0.2) is 4.99 Å². The Hall–Kier alpha value is -0.650. The maximum absolute atomic E-state index is 9.65. The van der Waals surface area contributed by atoms with Gasteiger partial charge in [0.1, 0.15) is 24.1 Å². The summed E-state index contributed by atoms with van der Waals surface area (Å²) in [6.07, 6.45) is -2.37. The van der Waals surface area contributed by atoms with E-state index < -0.39 is 24.4 Å². The number of aliphatic hydroxyl groups excluding tert-OH is 3. The minimum absolute atomic E-state index is 0.424. The van der Waals surface area contributed by atoms with Crippen LogP contribution in [0.2, 0.25) is 0 Å². The lowest BCUT2D eigenvalue weighted by Gasteiger charge is -2.45. The molecule has 0 bridgehead atoms. The van der Waals surface area contributed by atoms with E-state index in [1.807, 2.05) is 0 Å². The SMILES string of the molecule is [CH2]C1[C@@H](O)[C@H](O)[C@H](O)C2=NCCCN21. The van der Waals surface area contributed by atoms with Gasteiger partial charge in [-0.2, -0.15) is 0 Å². The third-order valence-electron chi connectivity index (χ3n) is 2.86. The van der Waals surface area contributed by atoms with Crippen LogP contribution in [-0.4, -0.2) is 63.5 Å². The second-order valence-corrected chi connectivity index (χ2v) is 3.78. The van der Waals surface area contributed by atoms with Gasteiger partial charge in [-0.25, -0.2) is 0 Å². The van der Waals surface area contributed by atoms with Crippen LogP contribution in [0.5, 0.6) is 0 Å². The van der Waals surface area contributed by atoms with Crippen LogP contribution in [-0.2, 0) is 0 Å². The molecule has 1 saturated heterocycles. The minimum atomic E-state index is -1.18. The molecule has 0 spiro atoms. The van der Waals surface area contributed by atoms with Gasteiger partial charge in [-0.05, 0) is 13.3 Å². The summed E-state index contributed by atoms with van der Waals surface area (Å²) in [5.74, 6) is 0.467. The molecule has 5 nitrogen and oxygen atoms in total. The van der Waals surface area contributed by atoms with Crippen molar-refractivity contribution in [3.8, 4) is 0 Å². The molecule has 2 rings (SSSR count). The highest BCUT2D eigenvalue weighted by Gasteiger charge is 2.43. The van der Waals surface area contributed by atoms with E-state index >= 15 is 0 Å². The lowest BCUT2D eigenvalue weighted by atomic mass is 9.93. The van der Waals surface area contributed by atoms with Gasteiger partial charge < -0.3 is 20.2 Å². The number of fused-ring (bicyclic) bond motifs is 1. The predicted octanol–water partition coefficient (Wildman–Crippen LogP) is -1.61. The van der Waals surface area contributed by atoms with Crippen LogP contribution in [0, 0.1) is 6.92 Å². The normalized spacial score (nSPS) is 43.1. The Bertz CT molecular complexity index is 256. The predicted molar refractivity (Wildman–Crippen MR) is 50.8 cm³/mol. The van der Waals surface area contributed by atoms with E-state index in [4.69, 9.17) is 0 Å². The van der Waals surface area contributed by atoms with Crippen molar-refractivity contribution in [2.45, 2.75) is 30.8 Å². The maximum atomic E-state index is 9.65. The van der Waals surface area contributed by atoms with E-state index in [1.165, 1.54) is 0 Å². The minimum Gasteiger partial charge on any atom is -0.388 e. The van der Waals surface area contributed by atoms with E-state index in [9.17, 15) is 15.3 Å². The van der Waals surface area contributed by atoms with Gasteiger partial charge in [0.05, 0.1) is 6.04 Å². The van der Waals surface area contributed by atoms with E-state index in [0.717, 1.165) is 13.0 Å². The average Bonchev–Trinajstić information content (AvgIpc) is 2.23. The second kappa shape index (κ2) is 3.49. The van der Waals surface area contributed by atoms with Crippen molar-refractivity contribution in [3.63, 3.8) is 0 Å². The highest BCUT2D eigenvalue weighted by atomic mass is 16.4. The largest absolute Gasteiger partial charge is 0.388 e. The number of rotatable bonds is 0. The number of aliphatic hydroxyl groups is 3. The lowest BCUT2D eigenvalue weighted by molar-refractivity contribution is -0.0791. The first kappa shape index (κ1) is 9.89. The fraction of sp³-hybridized carbons (Fsp3) is 0.778. The molecule has 0 aromatic rings. The molecule has 0 aliphatic carbocycles. The van der Waals surface area contributed by atoms with E-state index in [1.54, 1.807) is 4.90 Å². The Balaban J connectivity index is 2.28. The van der Waals surface area contributed by atoms with Gasteiger partial charge in [-0.1, -0.05) is 0 Å². The summed E-state index contributed by atoms with van der Waals surface area (Å²) < 4.78 is 0. The van der Waals surface area contributed by atoms with Crippen LogP contribution in [0.3, 0.4) is 0 Å². The Morgan fingerprint density at radius 3 is 2.71 bits per heavy atom.